The summed E-state index contributed by atoms with van der Waals surface area (Å²) in [5, 5.41) is 0. The first kappa shape index (κ1) is 22.7. The molecule has 8 heteroatoms. The van der Waals surface area contributed by atoms with E-state index in [9.17, 15) is 18.0 Å². The van der Waals surface area contributed by atoms with Gasteiger partial charge in [0.05, 0.1) is 28.3 Å². The predicted octanol–water partition coefficient (Wildman–Crippen LogP) is 4.28. The number of imide groups is 1. The molecular weight excluding hydrogens is 438 g/mol. The highest BCUT2D eigenvalue weighted by molar-refractivity contribution is 7.92. The fourth-order valence-electron chi connectivity index (χ4n) is 3.81. The fraction of sp³-hybridized carbons (Fsp3) is 0.240. The Morgan fingerprint density at radius 3 is 2.21 bits per heavy atom. The van der Waals surface area contributed by atoms with Crippen molar-refractivity contribution in [3.8, 4) is 0 Å². The van der Waals surface area contributed by atoms with Crippen LogP contribution in [0.5, 0.6) is 0 Å². The standard InChI is InChI=1S/C25H25N3O4S/c1-16-7-12-20(27-33(31,32)19-10-8-18(9-11-19)25(2,3)4)22-21(16)23(29)28(24(22)30)15-17-6-5-13-26-14-17/h5-14,27H,15H2,1-4H3. The topological polar surface area (TPSA) is 96.4 Å². The van der Waals surface area contributed by atoms with Gasteiger partial charge in [-0.25, -0.2) is 8.42 Å². The Hall–Kier alpha value is -3.52. The van der Waals surface area contributed by atoms with Crippen molar-refractivity contribution in [3.63, 3.8) is 0 Å². The quantitative estimate of drug-likeness (QED) is 0.570. The van der Waals surface area contributed by atoms with Gasteiger partial charge in [0, 0.05) is 12.4 Å². The number of carbonyl (C=O) groups is 2. The monoisotopic (exact) mass is 463 g/mol. The lowest BCUT2D eigenvalue weighted by atomic mass is 9.87. The summed E-state index contributed by atoms with van der Waals surface area (Å²) in [5.74, 6) is -0.990. The SMILES string of the molecule is Cc1ccc(NS(=O)(=O)c2ccc(C(C)(C)C)cc2)c2c1C(=O)N(Cc1cccnc1)C2=O. The molecule has 170 valence electrons. The number of hydrogen-bond acceptors (Lipinski definition) is 5. The van der Waals surface area contributed by atoms with Crippen LogP contribution < -0.4 is 4.72 Å². The Kier molecular flexibility index (Phi) is 5.57. The van der Waals surface area contributed by atoms with Crippen LogP contribution in [0.15, 0.2) is 65.8 Å². The molecule has 0 fully saturated rings. The highest BCUT2D eigenvalue weighted by Crippen LogP contribution is 2.34. The number of hydrogen-bond donors (Lipinski definition) is 1. The van der Waals surface area contributed by atoms with Crippen LogP contribution in [0.3, 0.4) is 0 Å². The molecule has 0 radical (unpaired) electrons. The second-order valence-corrected chi connectivity index (χ2v) is 10.8. The van der Waals surface area contributed by atoms with Gasteiger partial charge in [0.1, 0.15) is 0 Å². The molecule has 7 nitrogen and oxygen atoms in total. The number of amides is 2. The number of nitrogens with zero attached hydrogens (tertiary/aromatic N) is 2. The number of benzene rings is 2. The molecular formula is C25H25N3O4S. The summed E-state index contributed by atoms with van der Waals surface area (Å²) in [4.78, 5) is 31.5. The zero-order valence-corrected chi connectivity index (χ0v) is 19.7. The Balaban J connectivity index is 1.68. The maximum atomic E-state index is 13.2. The molecule has 1 aliphatic rings. The van der Waals surface area contributed by atoms with Crippen molar-refractivity contribution in [1.82, 2.24) is 9.88 Å². The van der Waals surface area contributed by atoms with Gasteiger partial charge in [0.2, 0.25) is 0 Å². The molecule has 0 atom stereocenters. The smallest absolute Gasteiger partial charge is 0.264 e. The van der Waals surface area contributed by atoms with Gasteiger partial charge in [0.15, 0.2) is 0 Å². The van der Waals surface area contributed by atoms with E-state index in [1.807, 2.05) is 20.8 Å². The first-order valence-electron chi connectivity index (χ1n) is 10.5. The lowest BCUT2D eigenvalue weighted by molar-refractivity contribution is 0.0642. The summed E-state index contributed by atoms with van der Waals surface area (Å²) in [6, 6.07) is 13.3. The molecule has 2 amide bonds. The van der Waals surface area contributed by atoms with Crippen LogP contribution >= 0.6 is 0 Å². The highest BCUT2D eigenvalue weighted by Gasteiger charge is 2.39. The lowest BCUT2D eigenvalue weighted by Gasteiger charge is -2.19. The summed E-state index contributed by atoms with van der Waals surface area (Å²) >= 11 is 0. The molecule has 0 aliphatic carbocycles. The van der Waals surface area contributed by atoms with Gasteiger partial charge in [0.25, 0.3) is 21.8 Å². The second kappa shape index (κ2) is 8.12. The summed E-state index contributed by atoms with van der Waals surface area (Å²) in [6.07, 6.45) is 3.19. The maximum absolute atomic E-state index is 13.2. The summed E-state index contributed by atoms with van der Waals surface area (Å²) < 4.78 is 28.7. The van der Waals surface area contributed by atoms with Crippen LogP contribution in [0.25, 0.3) is 0 Å². The summed E-state index contributed by atoms with van der Waals surface area (Å²) in [7, 11) is -3.97. The van der Waals surface area contributed by atoms with E-state index in [1.165, 1.54) is 6.07 Å². The van der Waals surface area contributed by atoms with Crippen molar-refractivity contribution in [2.45, 2.75) is 44.6 Å². The van der Waals surface area contributed by atoms with Crippen LogP contribution in [0.1, 0.15) is 58.2 Å². The molecule has 1 aliphatic heterocycles. The van der Waals surface area contributed by atoms with Crippen molar-refractivity contribution in [2.75, 3.05) is 4.72 Å². The van der Waals surface area contributed by atoms with Crippen molar-refractivity contribution in [1.29, 1.82) is 0 Å². The van der Waals surface area contributed by atoms with E-state index >= 15 is 0 Å². The van der Waals surface area contributed by atoms with Crippen LogP contribution in [-0.2, 0) is 22.0 Å². The highest BCUT2D eigenvalue weighted by atomic mass is 32.2. The Morgan fingerprint density at radius 1 is 0.939 bits per heavy atom. The van der Waals surface area contributed by atoms with Gasteiger partial charge < -0.3 is 0 Å². The lowest BCUT2D eigenvalue weighted by Crippen LogP contribution is -2.29. The number of carbonyl (C=O) groups excluding carboxylic acids is 2. The van der Waals surface area contributed by atoms with Gasteiger partial charge in [-0.1, -0.05) is 45.0 Å². The number of aromatic nitrogens is 1. The zero-order chi connectivity index (χ0) is 24.0. The van der Waals surface area contributed by atoms with Crippen molar-refractivity contribution < 1.29 is 18.0 Å². The van der Waals surface area contributed by atoms with Crippen LogP contribution in [-0.4, -0.2) is 30.1 Å². The molecule has 0 saturated carbocycles. The van der Waals surface area contributed by atoms with E-state index in [2.05, 4.69) is 9.71 Å². The van der Waals surface area contributed by atoms with Crippen LogP contribution in [0, 0.1) is 6.92 Å². The Morgan fingerprint density at radius 2 is 1.61 bits per heavy atom. The van der Waals surface area contributed by atoms with Gasteiger partial charge >= 0.3 is 0 Å². The van der Waals surface area contributed by atoms with Gasteiger partial charge in [-0.05, 0) is 53.3 Å². The van der Waals surface area contributed by atoms with E-state index in [1.54, 1.807) is 61.8 Å². The second-order valence-electron chi connectivity index (χ2n) is 9.12. The van der Waals surface area contributed by atoms with E-state index < -0.39 is 21.8 Å². The molecule has 4 rings (SSSR count). The average molecular weight is 464 g/mol. The third-order valence-corrected chi connectivity index (χ3v) is 7.05. The molecule has 33 heavy (non-hydrogen) atoms. The Bertz CT molecular complexity index is 1340. The molecule has 1 aromatic heterocycles. The van der Waals surface area contributed by atoms with E-state index in [4.69, 9.17) is 0 Å². The average Bonchev–Trinajstić information content (AvgIpc) is 3.02. The molecule has 2 heterocycles. The molecule has 0 saturated heterocycles. The minimum absolute atomic E-state index is 0.0556. The van der Waals surface area contributed by atoms with E-state index in [0.29, 0.717) is 11.1 Å². The number of anilines is 1. The Labute approximate surface area is 193 Å². The van der Waals surface area contributed by atoms with Crippen molar-refractivity contribution in [2.24, 2.45) is 0 Å². The minimum Gasteiger partial charge on any atom is -0.279 e. The summed E-state index contributed by atoms with van der Waals surface area (Å²) in [5.41, 5.74) is 2.57. The zero-order valence-electron chi connectivity index (χ0n) is 18.9. The first-order chi connectivity index (χ1) is 15.5. The van der Waals surface area contributed by atoms with Crippen molar-refractivity contribution >= 4 is 27.5 Å². The number of fused-ring (bicyclic) bond motifs is 1. The first-order valence-corrected chi connectivity index (χ1v) is 12.0. The number of nitrogens with one attached hydrogen (secondary N) is 1. The number of aryl methyl sites for hydroxylation is 1. The molecule has 0 unspecified atom stereocenters. The predicted molar refractivity (Wildman–Crippen MR) is 126 cm³/mol. The molecule has 3 aromatic rings. The molecule has 2 aromatic carbocycles. The van der Waals surface area contributed by atoms with Gasteiger partial charge in [-0.3, -0.25) is 24.2 Å². The van der Waals surface area contributed by atoms with Gasteiger partial charge in [-0.2, -0.15) is 0 Å². The summed E-state index contributed by atoms with van der Waals surface area (Å²) in [6.45, 7) is 7.92. The van der Waals surface area contributed by atoms with Gasteiger partial charge in [-0.15, -0.1) is 0 Å². The van der Waals surface area contributed by atoms with Crippen LogP contribution in [0.4, 0.5) is 5.69 Å². The number of sulfonamides is 1. The normalized spacial score (nSPS) is 13.9. The molecule has 1 N–H and O–H groups in total. The van der Waals surface area contributed by atoms with E-state index in [-0.39, 0.29) is 33.7 Å². The fourth-order valence-corrected chi connectivity index (χ4v) is 4.88. The third kappa shape index (κ3) is 4.26. The number of rotatable bonds is 5. The third-order valence-electron chi connectivity index (χ3n) is 5.67. The molecule has 0 bridgehead atoms. The van der Waals surface area contributed by atoms with E-state index in [0.717, 1.165) is 10.5 Å². The molecule has 0 spiro atoms. The largest absolute Gasteiger partial charge is 0.279 e. The maximum Gasteiger partial charge on any atom is 0.264 e. The minimum atomic E-state index is -3.97. The number of pyridine rings is 1. The van der Waals surface area contributed by atoms with Crippen molar-refractivity contribution in [3.05, 3.63) is 88.7 Å². The van der Waals surface area contributed by atoms with Crippen LogP contribution in [0.2, 0.25) is 0 Å².